The highest BCUT2D eigenvalue weighted by molar-refractivity contribution is 6.10. The number of rotatable bonds is 6. The Hall–Kier alpha value is -4.34. The summed E-state index contributed by atoms with van der Waals surface area (Å²) in [7, 11) is 1.44. The first-order valence-electron chi connectivity index (χ1n) is 8.65. The number of nitrogens with one attached hydrogen (secondary N) is 1. The summed E-state index contributed by atoms with van der Waals surface area (Å²) in [5, 5.41) is 21.5. The Morgan fingerprint density at radius 2 is 1.97 bits per heavy atom. The lowest BCUT2D eigenvalue weighted by Crippen LogP contribution is -2.29. The third-order valence-electron chi connectivity index (χ3n) is 4.17. The van der Waals surface area contributed by atoms with Gasteiger partial charge >= 0.3 is 5.97 Å². The number of aryl methyl sites for hydroxylation is 1. The summed E-state index contributed by atoms with van der Waals surface area (Å²) < 4.78 is 1.17. The van der Waals surface area contributed by atoms with Gasteiger partial charge in [-0.25, -0.2) is 9.97 Å². The van der Waals surface area contributed by atoms with E-state index in [1.807, 2.05) is 0 Å². The molecule has 0 saturated heterocycles. The summed E-state index contributed by atoms with van der Waals surface area (Å²) in [6.07, 6.45) is 3.80. The van der Waals surface area contributed by atoms with Crippen LogP contribution < -0.4 is 10.9 Å². The number of aliphatic carboxylic acids is 1. The molecule has 3 aromatic rings. The molecule has 3 heterocycles. The first kappa shape index (κ1) is 20.4. The highest BCUT2D eigenvalue weighted by Crippen LogP contribution is 2.25. The molecule has 0 saturated carbocycles. The van der Waals surface area contributed by atoms with Crippen LogP contribution >= 0.6 is 0 Å². The molecule has 30 heavy (non-hydrogen) atoms. The molecule has 0 spiro atoms. The first-order valence-corrected chi connectivity index (χ1v) is 8.65. The molecule has 1 amide bonds. The minimum Gasteiger partial charge on any atom is -0.506 e. The van der Waals surface area contributed by atoms with Crippen molar-refractivity contribution in [2.75, 3.05) is 6.54 Å². The summed E-state index contributed by atoms with van der Waals surface area (Å²) in [6.45, 7) is -0.557. The normalized spacial score (nSPS) is 11.0. The average molecular weight is 408 g/mol. The Morgan fingerprint density at radius 3 is 2.70 bits per heavy atom. The van der Waals surface area contributed by atoms with Crippen LogP contribution in [0, 0.1) is 0 Å². The lowest BCUT2D eigenvalue weighted by Gasteiger charge is -2.08. The summed E-state index contributed by atoms with van der Waals surface area (Å²) in [6, 6.07) is 7.51. The van der Waals surface area contributed by atoms with E-state index in [1.165, 1.54) is 42.1 Å². The average Bonchev–Trinajstić information content (AvgIpc) is 2.74. The van der Waals surface area contributed by atoms with Crippen molar-refractivity contribution in [1.29, 1.82) is 0 Å². The zero-order valence-electron chi connectivity index (χ0n) is 15.7. The molecule has 0 aliphatic heterocycles. The topological polar surface area (TPSA) is 151 Å². The van der Waals surface area contributed by atoms with E-state index in [9.17, 15) is 24.3 Å². The Morgan fingerprint density at radius 1 is 1.20 bits per heavy atom. The third-order valence-corrected chi connectivity index (χ3v) is 4.17. The zero-order valence-corrected chi connectivity index (χ0v) is 15.7. The van der Waals surface area contributed by atoms with Crippen molar-refractivity contribution in [1.82, 2.24) is 19.9 Å². The van der Waals surface area contributed by atoms with Gasteiger partial charge in [0, 0.05) is 13.2 Å². The molecule has 3 aromatic heterocycles. The Balaban J connectivity index is 1.90. The smallest absolute Gasteiger partial charge is 0.322 e. The van der Waals surface area contributed by atoms with Gasteiger partial charge in [-0.1, -0.05) is 6.07 Å². The van der Waals surface area contributed by atoms with Crippen LogP contribution in [0.25, 0.3) is 17.1 Å². The van der Waals surface area contributed by atoms with E-state index in [0.29, 0.717) is 0 Å². The van der Waals surface area contributed by atoms with Gasteiger partial charge < -0.3 is 15.5 Å². The number of nitrogens with zero attached hydrogens (tertiary/aromatic N) is 3. The largest absolute Gasteiger partial charge is 0.506 e. The Bertz CT molecular complexity index is 1260. The molecule has 0 radical (unpaired) electrons. The predicted octanol–water partition coefficient (Wildman–Crippen LogP) is 0.745. The van der Waals surface area contributed by atoms with Crippen LogP contribution in [0.5, 0.6) is 5.75 Å². The number of amides is 1. The molecule has 0 atom stereocenters. The highest BCUT2D eigenvalue weighted by atomic mass is 16.4. The maximum absolute atomic E-state index is 12.6. The molecule has 0 aromatic carbocycles. The second-order valence-corrected chi connectivity index (χ2v) is 6.18. The van der Waals surface area contributed by atoms with E-state index in [0.717, 1.165) is 6.08 Å². The maximum Gasteiger partial charge on any atom is 0.322 e. The molecule has 0 aliphatic rings. The van der Waals surface area contributed by atoms with Crippen LogP contribution in [0.3, 0.4) is 0 Å². The van der Waals surface area contributed by atoms with E-state index >= 15 is 0 Å². The minimum absolute atomic E-state index is 0.0404. The van der Waals surface area contributed by atoms with Gasteiger partial charge in [0.1, 0.15) is 29.2 Å². The maximum atomic E-state index is 12.6. The van der Waals surface area contributed by atoms with Crippen molar-refractivity contribution in [3.05, 3.63) is 69.9 Å². The molecule has 10 nitrogen and oxygen atoms in total. The molecule has 3 N–H and O–H groups in total. The second-order valence-electron chi connectivity index (χ2n) is 6.18. The number of allylic oxidation sites excluding steroid dienone is 1. The first-order chi connectivity index (χ1) is 14.3. The van der Waals surface area contributed by atoms with Crippen LogP contribution in [0.1, 0.15) is 26.5 Å². The molecule has 0 bridgehead atoms. The zero-order chi connectivity index (χ0) is 21.8. The molecule has 0 aliphatic carbocycles. The van der Waals surface area contributed by atoms with Gasteiger partial charge in [-0.3, -0.25) is 23.7 Å². The van der Waals surface area contributed by atoms with Crippen molar-refractivity contribution in [2.45, 2.75) is 0 Å². The second kappa shape index (κ2) is 8.35. The molecule has 3 rings (SSSR count). The Kier molecular flexibility index (Phi) is 5.68. The Labute approximate surface area is 169 Å². The number of fused-ring (bicyclic) bond motifs is 1. The number of hydrogen-bond donors (Lipinski definition) is 3. The van der Waals surface area contributed by atoms with Crippen LogP contribution in [0.4, 0.5) is 0 Å². The summed E-state index contributed by atoms with van der Waals surface area (Å²) >= 11 is 0. The number of carboxylic acids is 1. The van der Waals surface area contributed by atoms with Gasteiger partial charge in [0.25, 0.3) is 11.5 Å². The van der Waals surface area contributed by atoms with Crippen molar-refractivity contribution < 1.29 is 24.6 Å². The van der Waals surface area contributed by atoms with Crippen molar-refractivity contribution in [2.24, 2.45) is 7.05 Å². The van der Waals surface area contributed by atoms with Crippen LogP contribution in [0.2, 0.25) is 0 Å². The number of hydrogen-bond acceptors (Lipinski definition) is 7. The van der Waals surface area contributed by atoms with Crippen LogP contribution in [-0.4, -0.2) is 49.0 Å². The molecule has 10 heteroatoms. The number of aromatic nitrogens is 3. The fourth-order valence-corrected chi connectivity index (χ4v) is 2.73. The van der Waals surface area contributed by atoms with E-state index < -0.39 is 41.1 Å². The minimum atomic E-state index is -1.20. The SMILES string of the molecule is Cn1c(=O)c(C(=O)/C=C/c2cccc(C(=O)NCC(=O)O)n2)c(O)c2cccnc21. The fourth-order valence-electron chi connectivity index (χ4n) is 2.73. The van der Waals surface area contributed by atoms with Crippen molar-refractivity contribution in [3.63, 3.8) is 0 Å². The van der Waals surface area contributed by atoms with Gasteiger partial charge in [-0.2, -0.15) is 0 Å². The third kappa shape index (κ3) is 4.07. The molecular weight excluding hydrogens is 392 g/mol. The van der Waals surface area contributed by atoms with E-state index in [1.54, 1.807) is 12.1 Å². The standard InChI is InChI=1S/C20H16N4O6/c1-24-18-12(5-3-9-21-18)17(28)16(20(24)30)14(25)8-7-11-4-2-6-13(23-11)19(29)22-10-15(26)27/h2-9,28H,10H2,1H3,(H,22,29)(H,26,27)/b8-7+. The van der Waals surface area contributed by atoms with Gasteiger partial charge in [0.15, 0.2) is 5.78 Å². The molecule has 0 fully saturated rings. The highest BCUT2D eigenvalue weighted by Gasteiger charge is 2.19. The lowest BCUT2D eigenvalue weighted by molar-refractivity contribution is -0.135. The number of carboxylic acid groups (broad SMARTS) is 1. The predicted molar refractivity (Wildman–Crippen MR) is 106 cm³/mol. The van der Waals surface area contributed by atoms with E-state index in [2.05, 4.69) is 15.3 Å². The van der Waals surface area contributed by atoms with Crippen LogP contribution in [-0.2, 0) is 11.8 Å². The number of pyridine rings is 3. The molecular formula is C20H16N4O6. The number of carbonyl (C=O) groups excluding carboxylic acids is 2. The van der Waals surface area contributed by atoms with Gasteiger partial charge in [0.2, 0.25) is 0 Å². The van der Waals surface area contributed by atoms with E-state index in [-0.39, 0.29) is 22.4 Å². The quantitative estimate of drug-likeness (QED) is 0.399. The number of ketones is 1. The van der Waals surface area contributed by atoms with Crippen molar-refractivity contribution in [3.8, 4) is 5.75 Å². The summed E-state index contributed by atoms with van der Waals surface area (Å²) in [5.74, 6) is -3.10. The molecule has 152 valence electrons. The van der Waals surface area contributed by atoms with Gasteiger partial charge in [-0.15, -0.1) is 0 Å². The summed E-state index contributed by atoms with van der Waals surface area (Å²) in [5.41, 5.74) is -0.693. The van der Waals surface area contributed by atoms with E-state index in [4.69, 9.17) is 5.11 Å². The number of carbonyl (C=O) groups is 3. The monoisotopic (exact) mass is 408 g/mol. The van der Waals surface area contributed by atoms with Gasteiger partial charge in [0.05, 0.1) is 11.1 Å². The fraction of sp³-hybridized carbons (Fsp3) is 0.100. The molecule has 0 unspecified atom stereocenters. The lowest BCUT2D eigenvalue weighted by atomic mass is 10.1. The van der Waals surface area contributed by atoms with Crippen LogP contribution in [0.15, 0.2) is 47.4 Å². The number of aromatic hydroxyl groups is 1. The van der Waals surface area contributed by atoms with Crippen molar-refractivity contribution >= 4 is 34.8 Å². The van der Waals surface area contributed by atoms with Gasteiger partial charge in [-0.05, 0) is 36.4 Å². The summed E-state index contributed by atoms with van der Waals surface area (Å²) in [4.78, 5) is 55.6.